The summed E-state index contributed by atoms with van der Waals surface area (Å²) in [6.07, 6.45) is 3.23. The topological polar surface area (TPSA) is 89.3 Å². The highest BCUT2D eigenvalue weighted by Crippen LogP contribution is 2.32. The molecule has 0 spiro atoms. The van der Waals surface area contributed by atoms with Crippen molar-refractivity contribution < 1.29 is 13.2 Å². The second-order valence-electron chi connectivity index (χ2n) is 4.92. The smallest absolute Gasteiger partial charge is 0.252 e. The van der Waals surface area contributed by atoms with Gasteiger partial charge in [-0.15, -0.1) is 12.4 Å². The van der Waals surface area contributed by atoms with Crippen molar-refractivity contribution in [3.63, 3.8) is 0 Å². The van der Waals surface area contributed by atoms with E-state index in [1.807, 2.05) is 0 Å². The SMILES string of the molecule is CS(=O)(=O)c1ccccc1C(=O)NC(CN)C1CC1.Cl. The fourth-order valence-corrected chi connectivity index (χ4v) is 2.98. The van der Waals surface area contributed by atoms with Gasteiger partial charge in [-0.1, -0.05) is 12.1 Å². The van der Waals surface area contributed by atoms with E-state index in [2.05, 4.69) is 5.32 Å². The third kappa shape index (κ3) is 3.94. The third-order valence-corrected chi connectivity index (χ3v) is 4.45. The summed E-state index contributed by atoms with van der Waals surface area (Å²) in [6, 6.07) is 6.15. The van der Waals surface area contributed by atoms with Gasteiger partial charge in [0.25, 0.3) is 5.91 Å². The number of nitrogens with one attached hydrogen (secondary N) is 1. The molecule has 1 atom stereocenters. The number of carbonyl (C=O) groups is 1. The number of hydrogen-bond donors (Lipinski definition) is 2. The molecule has 0 heterocycles. The molecule has 0 aliphatic heterocycles. The molecule has 1 unspecified atom stereocenters. The molecule has 1 aliphatic rings. The summed E-state index contributed by atoms with van der Waals surface area (Å²) in [6.45, 7) is 0.372. The van der Waals surface area contributed by atoms with Crippen LogP contribution in [0.25, 0.3) is 0 Å². The first-order valence-electron chi connectivity index (χ1n) is 6.23. The molecular weight excluding hydrogens is 300 g/mol. The van der Waals surface area contributed by atoms with Gasteiger partial charge in [0.2, 0.25) is 0 Å². The van der Waals surface area contributed by atoms with Crippen LogP contribution in [0.5, 0.6) is 0 Å². The lowest BCUT2D eigenvalue weighted by molar-refractivity contribution is 0.0930. The third-order valence-electron chi connectivity index (χ3n) is 3.29. The van der Waals surface area contributed by atoms with Crippen molar-refractivity contribution in [3.05, 3.63) is 29.8 Å². The molecule has 20 heavy (non-hydrogen) atoms. The first-order chi connectivity index (χ1) is 8.93. The molecule has 1 saturated carbocycles. The monoisotopic (exact) mass is 318 g/mol. The van der Waals surface area contributed by atoms with Crippen LogP contribution in [-0.4, -0.2) is 33.2 Å². The molecular formula is C13H19ClN2O3S. The summed E-state index contributed by atoms with van der Waals surface area (Å²) in [5.41, 5.74) is 5.82. The molecule has 112 valence electrons. The molecule has 0 bridgehead atoms. The van der Waals surface area contributed by atoms with E-state index < -0.39 is 9.84 Å². The molecule has 0 aromatic heterocycles. The Kier molecular flexibility index (Phi) is 5.56. The minimum Gasteiger partial charge on any atom is -0.348 e. The van der Waals surface area contributed by atoms with Crippen LogP contribution in [0, 0.1) is 5.92 Å². The number of amides is 1. The van der Waals surface area contributed by atoms with Crippen LogP contribution in [0.1, 0.15) is 23.2 Å². The molecule has 3 N–H and O–H groups in total. The molecule has 0 radical (unpaired) electrons. The molecule has 1 aliphatic carbocycles. The highest BCUT2D eigenvalue weighted by molar-refractivity contribution is 7.90. The maximum Gasteiger partial charge on any atom is 0.252 e. The number of carbonyl (C=O) groups excluding carboxylic acids is 1. The Morgan fingerprint density at radius 3 is 2.50 bits per heavy atom. The standard InChI is InChI=1S/C13H18N2O3S.ClH/c1-19(17,18)12-5-3-2-4-10(12)13(16)15-11(8-14)9-6-7-9;/h2-5,9,11H,6-8,14H2,1H3,(H,15,16);1H. The summed E-state index contributed by atoms with van der Waals surface area (Å²) in [5, 5.41) is 2.83. The van der Waals surface area contributed by atoms with Crippen molar-refractivity contribution in [1.82, 2.24) is 5.32 Å². The largest absolute Gasteiger partial charge is 0.348 e. The van der Waals surface area contributed by atoms with E-state index in [0.717, 1.165) is 19.1 Å². The van der Waals surface area contributed by atoms with Crippen LogP contribution in [0.15, 0.2) is 29.2 Å². The summed E-state index contributed by atoms with van der Waals surface area (Å²) < 4.78 is 23.3. The van der Waals surface area contributed by atoms with Crippen molar-refractivity contribution in [3.8, 4) is 0 Å². The lowest BCUT2D eigenvalue weighted by Crippen LogP contribution is -2.42. The molecule has 1 fully saturated rings. The minimum atomic E-state index is -3.42. The fraction of sp³-hybridized carbons (Fsp3) is 0.462. The van der Waals surface area contributed by atoms with Crippen LogP contribution in [0.2, 0.25) is 0 Å². The summed E-state index contributed by atoms with van der Waals surface area (Å²) >= 11 is 0. The second-order valence-corrected chi connectivity index (χ2v) is 6.91. The summed E-state index contributed by atoms with van der Waals surface area (Å²) in [5.74, 6) is 0.0581. The fourth-order valence-electron chi connectivity index (χ4n) is 2.09. The average Bonchev–Trinajstić information content (AvgIpc) is 3.19. The number of benzene rings is 1. The number of rotatable bonds is 5. The van der Waals surface area contributed by atoms with Crippen molar-refractivity contribution in [2.75, 3.05) is 12.8 Å². The zero-order valence-corrected chi connectivity index (χ0v) is 12.8. The van der Waals surface area contributed by atoms with Gasteiger partial charge < -0.3 is 11.1 Å². The van der Waals surface area contributed by atoms with E-state index in [0.29, 0.717) is 12.5 Å². The lowest BCUT2D eigenvalue weighted by atomic mass is 10.1. The normalized spacial score (nSPS) is 16.1. The molecule has 5 nitrogen and oxygen atoms in total. The Bertz CT molecular complexity index is 585. The van der Waals surface area contributed by atoms with Gasteiger partial charge >= 0.3 is 0 Å². The maximum absolute atomic E-state index is 12.2. The highest BCUT2D eigenvalue weighted by atomic mass is 35.5. The average molecular weight is 319 g/mol. The van der Waals surface area contributed by atoms with E-state index in [1.54, 1.807) is 12.1 Å². The first kappa shape index (κ1) is 16.9. The number of nitrogens with two attached hydrogens (primary N) is 1. The van der Waals surface area contributed by atoms with Gasteiger partial charge in [-0.2, -0.15) is 0 Å². The molecule has 2 rings (SSSR count). The van der Waals surface area contributed by atoms with E-state index >= 15 is 0 Å². The Morgan fingerprint density at radius 1 is 1.40 bits per heavy atom. The van der Waals surface area contributed by atoms with Gasteiger partial charge in [-0.25, -0.2) is 8.42 Å². The van der Waals surface area contributed by atoms with Crippen LogP contribution in [0.3, 0.4) is 0 Å². The van der Waals surface area contributed by atoms with Crippen LogP contribution >= 0.6 is 12.4 Å². The predicted octanol–water partition coefficient (Wildman–Crippen LogP) is 0.979. The summed E-state index contributed by atoms with van der Waals surface area (Å²) in [7, 11) is -3.42. The Balaban J connectivity index is 0.00000200. The molecule has 1 aromatic rings. The van der Waals surface area contributed by atoms with Crippen molar-refractivity contribution in [2.45, 2.75) is 23.8 Å². The summed E-state index contributed by atoms with van der Waals surface area (Å²) in [4.78, 5) is 12.2. The second kappa shape index (κ2) is 6.56. The van der Waals surface area contributed by atoms with Gasteiger partial charge in [0, 0.05) is 18.8 Å². The van der Waals surface area contributed by atoms with E-state index in [4.69, 9.17) is 5.73 Å². The molecule has 0 saturated heterocycles. The van der Waals surface area contributed by atoms with Gasteiger partial charge in [0.05, 0.1) is 10.5 Å². The van der Waals surface area contributed by atoms with E-state index in [9.17, 15) is 13.2 Å². The minimum absolute atomic E-state index is 0. The van der Waals surface area contributed by atoms with Crippen LogP contribution < -0.4 is 11.1 Å². The van der Waals surface area contributed by atoms with E-state index in [1.165, 1.54) is 12.1 Å². The number of halogens is 1. The van der Waals surface area contributed by atoms with Gasteiger partial charge in [-0.05, 0) is 30.9 Å². The molecule has 1 aromatic carbocycles. The zero-order valence-electron chi connectivity index (χ0n) is 11.2. The maximum atomic E-state index is 12.2. The first-order valence-corrected chi connectivity index (χ1v) is 8.12. The van der Waals surface area contributed by atoms with Crippen molar-refractivity contribution in [1.29, 1.82) is 0 Å². The van der Waals surface area contributed by atoms with Crippen molar-refractivity contribution >= 4 is 28.2 Å². The number of sulfone groups is 1. The van der Waals surface area contributed by atoms with Gasteiger partial charge in [0.15, 0.2) is 9.84 Å². The molecule has 7 heteroatoms. The Hall–Kier alpha value is -1.11. The lowest BCUT2D eigenvalue weighted by Gasteiger charge is -2.17. The highest BCUT2D eigenvalue weighted by Gasteiger charge is 2.32. The Labute approximate surface area is 125 Å². The van der Waals surface area contributed by atoms with Crippen LogP contribution in [0.4, 0.5) is 0 Å². The van der Waals surface area contributed by atoms with Gasteiger partial charge in [-0.3, -0.25) is 4.79 Å². The Morgan fingerprint density at radius 2 is 2.00 bits per heavy atom. The molecule has 1 amide bonds. The van der Waals surface area contributed by atoms with Gasteiger partial charge in [0.1, 0.15) is 0 Å². The quantitative estimate of drug-likeness (QED) is 0.847. The predicted molar refractivity (Wildman–Crippen MR) is 79.8 cm³/mol. The zero-order chi connectivity index (χ0) is 14.0. The number of hydrogen-bond acceptors (Lipinski definition) is 4. The van der Waals surface area contributed by atoms with Crippen LogP contribution in [-0.2, 0) is 9.84 Å². The van der Waals surface area contributed by atoms with Crippen molar-refractivity contribution in [2.24, 2.45) is 11.7 Å². The van der Waals surface area contributed by atoms with E-state index in [-0.39, 0.29) is 34.8 Å².